The normalized spacial score (nSPS) is 13.2. The molecule has 18 heavy (non-hydrogen) atoms. The van der Waals surface area contributed by atoms with Gasteiger partial charge in [-0.15, -0.1) is 11.3 Å². The van der Waals surface area contributed by atoms with Gasteiger partial charge in [0.25, 0.3) is 0 Å². The number of nitrogens with zero attached hydrogens (tertiary/aromatic N) is 1. The largest absolute Gasteiger partial charge is 0.347 e. The number of sulfonamides is 1. The molecule has 8 heteroatoms. The van der Waals surface area contributed by atoms with Gasteiger partial charge < -0.3 is 5.32 Å². The molecule has 1 aromatic rings. The molecule has 0 aliphatic heterocycles. The Morgan fingerprint density at radius 2 is 2.28 bits per heavy atom. The smallest absolute Gasteiger partial charge is 0.221 e. The van der Waals surface area contributed by atoms with E-state index in [2.05, 4.69) is 15.0 Å². The first kappa shape index (κ1) is 15.1. The van der Waals surface area contributed by atoms with Crippen molar-refractivity contribution in [2.24, 2.45) is 0 Å². The van der Waals surface area contributed by atoms with Gasteiger partial charge in [0.1, 0.15) is 5.01 Å². The zero-order valence-electron chi connectivity index (χ0n) is 10.3. The highest BCUT2D eigenvalue weighted by Crippen LogP contribution is 2.18. The van der Waals surface area contributed by atoms with E-state index in [1.165, 1.54) is 11.3 Å². The van der Waals surface area contributed by atoms with E-state index in [1.807, 2.05) is 12.3 Å². The highest BCUT2D eigenvalue weighted by atomic mass is 32.2. The summed E-state index contributed by atoms with van der Waals surface area (Å²) < 4.78 is 23.9. The second kappa shape index (κ2) is 6.81. The molecule has 1 aromatic heterocycles. The molecule has 0 bridgehead atoms. The molecule has 0 saturated heterocycles. The van der Waals surface area contributed by atoms with Crippen molar-refractivity contribution in [3.8, 4) is 0 Å². The minimum atomic E-state index is -3.24. The molecule has 6 nitrogen and oxygen atoms in total. The predicted molar refractivity (Wildman–Crippen MR) is 70.8 cm³/mol. The minimum absolute atomic E-state index is 0.101. The SMILES string of the molecule is CC[C@@H](NC(=O)CCNS(C)(=O)=O)c1nccs1. The summed E-state index contributed by atoms with van der Waals surface area (Å²) in [7, 11) is -3.24. The number of thiazole rings is 1. The summed E-state index contributed by atoms with van der Waals surface area (Å²) in [4.78, 5) is 15.8. The quantitative estimate of drug-likeness (QED) is 0.772. The molecule has 1 rings (SSSR count). The van der Waals surface area contributed by atoms with Gasteiger partial charge in [-0.1, -0.05) is 6.92 Å². The summed E-state index contributed by atoms with van der Waals surface area (Å²) in [6, 6.07) is -0.101. The maximum absolute atomic E-state index is 11.6. The van der Waals surface area contributed by atoms with Crippen LogP contribution in [0.15, 0.2) is 11.6 Å². The molecule has 0 saturated carbocycles. The minimum Gasteiger partial charge on any atom is -0.347 e. The van der Waals surface area contributed by atoms with Gasteiger partial charge in [-0.3, -0.25) is 4.79 Å². The molecule has 0 spiro atoms. The average molecular weight is 291 g/mol. The van der Waals surface area contributed by atoms with Crippen LogP contribution < -0.4 is 10.0 Å². The highest BCUT2D eigenvalue weighted by Gasteiger charge is 2.14. The van der Waals surface area contributed by atoms with E-state index in [0.29, 0.717) is 0 Å². The zero-order chi connectivity index (χ0) is 13.6. The van der Waals surface area contributed by atoms with Crippen molar-refractivity contribution in [2.45, 2.75) is 25.8 Å². The van der Waals surface area contributed by atoms with Crippen LogP contribution in [0, 0.1) is 0 Å². The van der Waals surface area contributed by atoms with E-state index < -0.39 is 10.0 Å². The predicted octanol–water partition coefficient (Wildman–Crippen LogP) is 0.650. The lowest BCUT2D eigenvalue weighted by molar-refractivity contribution is -0.121. The van der Waals surface area contributed by atoms with Crippen LogP contribution in [0.3, 0.4) is 0 Å². The Balaban J connectivity index is 2.39. The van der Waals surface area contributed by atoms with Gasteiger partial charge in [-0.2, -0.15) is 0 Å². The number of hydrogen-bond donors (Lipinski definition) is 2. The second-order valence-electron chi connectivity index (χ2n) is 3.82. The third-order valence-corrected chi connectivity index (χ3v) is 3.83. The van der Waals surface area contributed by atoms with E-state index in [0.717, 1.165) is 17.7 Å². The third kappa shape index (κ3) is 5.56. The highest BCUT2D eigenvalue weighted by molar-refractivity contribution is 7.88. The Bertz CT molecular complexity index is 471. The Morgan fingerprint density at radius 1 is 1.56 bits per heavy atom. The molecule has 2 N–H and O–H groups in total. The molecular weight excluding hydrogens is 274 g/mol. The third-order valence-electron chi connectivity index (χ3n) is 2.21. The maximum Gasteiger partial charge on any atom is 0.221 e. The second-order valence-corrected chi connectivity index (χ2v) is 6.57. The fourth-order valence-corrected chi connectivity index (χ4v) is 2.61. The molecule has 0 aromatic carbocycles. The molecular formula is C10H17N3O3S2. The van der Waals surface area contributed by atoms with Crippen LogP contribution in [0.25, 0.3) is 0 Å². The molecule has 1 atom stereocenters. The van der Waals surface area contributed by atoms with Gasteiger partial charge in [-0.25, -0.2) is 18.1 Å². The van der Waals surface area contributed by atoms with Gasteiger partial charge >= 0.3 is 0 Å². The lowest BCUT2D eigenvalue weighted by Crippen LogP contribution is -2.32. The first-order valence-electron chi connectivity index (χ1n) is 5.55. The van der Waals surface area contributed by atoms with Crippen molar-refractivity contribution < 1.29 is 13.2 Å². The average Bonchev–Trinajstić information content (AvgIpc) is 2.77. The maximum atomic E-state index is 11.6. The van der Waals surface area contributed by atoms with Gasteiger partial charge in [0.15, 0.2) is 0 Å². The fourth-order valence-electron chi connectivity index (χ4n) is 1.36. The molecule has 1 heterocycles. The molecule has 0 unspecified atom stereocenters. The number of aromatic nitrogens is 1. The van der Waals surface area contributed by atoms with Crippen molar-refractivity contribution in [3.05, 3.63) is 16.6 Å². The van der Waals surface area contributed by atoms with Crippen LogP contribution in [0.2, 0.25) is 0 Å². The summed E-state index contributed by atoms with van der Waals surface area (Å²) >= 11 is 1.49. The summed E-state index contributed by atoms with van der Waals surface area (Å²) in [5.41, 5.74) is 0. The van der Waals surface area contributed by atoms with E-state index in [9.17, 15) is 13.2 Å². The molecule has 0 aliphatic carbocycles. The van der Waals surface area contributed by atoms with Gasteiger partial charge in [0.05, 0.1) is 12.3 Å². The van der Waals surface area contributed by atoms with E-state index in [4.69, 9.17) is 0 Å². The van der Waals surface area contributed by atoms with Crippen molar-refractivity contribution >= 4 is 27.3 Å². The van der Waals surface area contributed by atoms with Gasteiger partial charge in [-0.05, 0) is 6.42 Å². The number of nitrogens with one attached hydrogen (secondary N) is 2. The molecule has 0 aliphatic rings. The zero-order valence-corrected chi connectivity index (χ0v) is 12.0. The fraction of sp³-hybridized carbons (Fsp3) is 0.600. The van der Waals surface area contributed by atoms with Gasteiger partial charge in [0.2, 0.25) is 15.9 Å². The first-order valence-corrected chi connectivity index (χ1v) is 8.33. The van der Waals surface area contributed by atoms with Crippen LogP contribution in [0.4, 0.5) is 0 Å². The van der Waals surface area contributed by atoms with Crippen molar-refractivity contribution in [2.75, 3.05) is 12.8 Å². The standard InChI is InChI=1S/C10H17N3O3S2/c1-3-8(10-11-6-7-17-10)13-9(14)4-5-12-18(2,15)16/h6-8,12H,3-5H2,1-2H3,(H,13,14)/t8-/m1/s1. The molecule has 0 radical (unpaired) electrons. The molecule has 102 valence electrons. The Hall–Kier alpha value is -0.990. The Kier molecular flexibility index (Phi) is 5.70. The Labute approximate surface area is 111 Å². The lowest BCUT2D eigenvalue weighted by Gasteiger charge is -2.14. The number of carbonyl (C=O) groups is 1. The van der Waals surface area contributed by atoms with Crippen LogP contribution in [-0.2, 0) is 14.8 Å². The topological polar surface area (TPSA) is 88.2 Å². The van der Waals surface area contributed by atoms with Crippen LogP contribution in [0.5, 0.6) is 0 Å². The van der Waals surface area contributed by atoms with E-state index in [-0.39, 0.29) is 24.9 Å². The van der Waals surface area contributed by atoms with Crippen LogP contribution >= 0.6 is 11.3 Å². The first-order chi connectivity index (χ1) is 8.42. The van der Waals surface area contributed by atoms with E-state index in [1.54, 1.807) is 6.20 Å². The van der Waals surface area contributed by atoms with Crippen LogP contribution in [0.1, 0.15) is 30.8 Å². The Morgan fingerprint density at radius 3 is 2.78 bits per heavy atom. The summed E-state index contributed by atoms with van der Waals surface area (Å²) in [6.07, 6.45) is 3.63. The van der Waals surface area contributed by atoms with Crippen LogP contribution in [-0.4, -0.2) is 32.1 Å². The number of rotatable bonds is 7. The van der Waals surface area contributed by atoms with E-state index >= 15 is 0 Å². The number of hydrogen-bond acceptors (Lipinski definition) is 5. The van der Waals surface area contributed by atoms with Gasteiger partial charge in [0, 0.05) is 24.5 Å². The van der Waals surface area contributed by atoms with Crippen molar-refractivity contribution in [3.63, 3.8) is 0 Å². The summed E-state index contributed by atoms with van der Waals surface area (Å²) in [5, 5.41) is 5.55. The lowest BCUT2D eigenvalue weighted by atomic mass is 10.2. The monoisotopic (exact) mass is 291 g/mol. The number of carbonyl (C=O) groups excluding carboxylic acids is 1. The summed E-state index contributed by atoms with van der Waals surface area (Å²) in [6.45, 7) is 2.07. The molecule has 1 amide bonds. The van der Waals surface area contributed by atoms with Crippen molar-refractivity contribution in [1.82, 2.24) is 15.0 Å². The van der Waals surface area contributed by atoms with Crippen molar-refractivity contribution in [1.29, 1.82) is 0 Å². The number of amides is 1. The molecule has 0 fully saturated rings. The summed E-state index contributed by atoms with van der Waals surface area (Å²) in [5.74, 6) is -0.187.